The molecule has 0 radical (unpaired) electrons. The highest BCUT2D eigenvalue weighted by molar-refractivity contribution is 5.96. The Hall–Kier alpha value is -3.41. The third-order valence-electron chi connectivity index (χ3n) is 5.50. The number of aromatic nitrogens is 2. The number of aryl methyl sites for hydroxylation is 2. The summed E-state index contributed by atoms with van der Waals surface area (Å²) in [5, 5.41) is 7.29. The van der Waals surface area contributed by atoms with Gasteiger partial charge in [-0.1, -0.05) is 59.7 Å². The summed E-state index contributed by atoms with van der Waals surface area (Å²) in [6.07, 6.45) is 1.91. The van der Waals surface area contributed by atoms with Crippen LogP contribution < -0.4 is 5.32 Å². The van der Waals surface area contributed by atoms with E-state index in [0.29, 0.717) is 25.5 Å². The summed E-state index contributed by atoms with van der Waals surface area (Å²) in [6, 6.07) is 18.1. The maximum atomic E-state index is 12.8. The van der Waals surface area contributed by atoms with Crippen molar-refractivity contribution in [1.82, 2.24) is 14.7 Å². The van der Waals surface area contributed by atoms with Crippen LogP contribution in [0.25, 0.3) is 0 Å². The number of nitrogens with one attached hydrogen (secondary N) is 1. The molecule has 4 rings (SSSR count). The van der Waals surface area contributed by atoms with Crippen molar-refractivity contribution in [3.63, 3.8) is 0 Å². The first-order chi connectivity index (χ1) is 14.5. The molecule has 6 nitrogen and oxygen atoms in total. The van der Waals surface area contributed by atoms with Gasteiger partial charge in [-0.2, -0.15) is 5.10 Å². The van der Waals surface area contributed by atoms with Crippen LogP contribution in [0.15, 0.2) is 60.8 Å². The number of likely N-dealkylation sites (tertiary alicyclic amines) is 1. The number of carbonyl (C=O) groups is 2. The van der Waals surface area contributed by atoms with E-state index < -0.39 is 0 Å². The first-order valence-electron chi connectivity index (χ1n) is 10.2. The van der Waals surface area contributed by atoms with Crippen LogP contribution >= 0.6 is 0 Å². The molecule has 6 heteroatoms. The molecule has 2 aromatic carbocycles. The molecule has 0 aliphatic carbocycles. The van der Waals surface area contributed by atoms with Gasteiger partial charge in [0.1, 0.15) is 5.82 Å². The van der Waals surface area contributed by atoms with Crippen molar-refractivity contribution in [2.75, 3.05) is 11.9 Å². The monoisotopic (exact) mass is 402 g/mol. The zero-order valence-electron chi connectivity index (χ0n) is 17.3. The van der Waals surface area contributed by atoms with Crippen molar-refractivity contribution in [3.8, 4) is 0 Å². The molecule has 1 aromatic heterocycles. The molecular formula is C24H26N4O2. The molecule has 1 N–H and O–H groups in total. The number of anilines is 1. The predicted molar refractivity (Wildman–Crippen MR) is 116 cm³/mol. The molecule has 0 bridgehead atoms. The molecule has 1 aliphatic rings. The standard InChI is InChI=1S/C24H26N4O2/c1-17-3-7-19(8-4-17)14-27-16-21(13-23(27)29)24(30)26-22-11-12-25-28(22)15-20-9-5-18(2)6-10-20/h3-12,21H,13-16H2,1-2H3,(H,26,30). The Morgan fingerprint density at radius 1 is 0.967 bits per heavy atom. The quantitative estimate of drug-likeness (QED) is 0.686. The van der Waals surface area contributed by atoms with Gasteiger partial charge in [-0.15, -0.1) is 0 Å². The van der Waals surface area contributed by atoms with E-state index in [2.05, 4.69) is 34.7 Å². The summed E-state index contributed by atoms with van der Waals surface area (Å²) in [7, 11) is 0. The Balaban J connectivity index is 1.37. The summed E-state index contributed by atoms with van der Waals surface area (Å²) >= 11 is 0. The van der Waals surface area contributed by atoms with E-state index in [-0.39, 0.29) is 24.2 Å². The van der Waals surface area contributed by atoms with Crippen LogP contribution in [-0.2, 0) is 22.7 Å². The zero-order chi connectivity index (χ0) is 21.1. The second-order valence-electron chi connectivity index (χ2n) is 8.01. The number of hydrogen-bond acceptors (Lipinski definition) is 3. The highest BCUT2D eigenvalue weighted by Crippen LogP contribution is 2.22. The summed E-state index contributed by atoms with van der Waals surface area (Å²) in [4.78, 5) is 27.0. The largest absolute Gasteiger partial charge is 0.338 e. The van der Waals surface area contributed by atoms with Crippen molar-refractivity contribution in [2.45, 2.75) is 33.4 Å². The normalized spacial score (nSPS) is 16.1. The molecule has 3 aromatic rings. The number of carbonyl (C=O) groups excluding carboxylic acids is 2. The molecule has 1 saturated heterocycles. The average molecular weight is 402 g/mol. The van der Waals surface area contributed by atoms with Gasteiger partial charge in [0.05, 0.1) is 18.7 Å². The summed E-state index contributed by atoms with van der Waals surface area (Å²) < 4.78 is 1.77. The third-order valence-corrected chi connectivity index (χ3v) is 5.50. The Bertz CT molecular complexity index is 1040. The van der Waals surface area contributed by atoms with Crippen LogP contribution in [0.1, 0.15) is 28.7 Å². The van der Waals surface area contributed by atoms with Crippen LogP contribution in [0.2, 0.25) is 0 Å². The fraction of sp³-hybridized carbons (Fsp3) is 0.292. The SMILES string of the molecule is Cc1ccc(CN2CC(C(=O)Nc3ccnn3Cc3ccc(C)cc3)CC2=O)cc1. The Morgan fingerprint density at radius 2 is 1.57 bits per heavy atom. The van der Waals surface area contributed by atoms with Crippen molar-refractivity contribution in [1.29, 1.82) is 0 Å². The van der Waals surface area contributed by atoms with Crippen LogP contribution in [0.3, 0.4) is 0 Å². The van der Waals surface area contributed by atoms with E-state index in [1.165, 1.54) is 11.1 Å². The minimum Gasteiger partial charge on any atom is -0.338 e. The lowest BCUT2D eigenvalue weighted by molar-refractivity contribution is -0.128. The molecule has 1 unspecified atom stereocenters. The second kappa shape index (κ2) is 8.53. The number of nitrogens with zero attached hydrogens (tertiary/aromatic N) is 3. The molecule has 30 heavy (non-hydrogen) atoms. The van der Waals surface area contributed by atoms with Crippen molar-refractivity contribution in [3.05, 3.63) is 83.0 Å². The van der Waals surface area contributed by atoms with Gasteiger partial charge in [-0.25, -0.2) is 4.68 Å². The Morgan fingerprint density at radius 3 is 2.20 bits per heavy atom. The van der Waals surface area contributed by atoms with E-state index in [9.17, 15) is 9.59 Å². The van der Waals surface area contributed by atoms with Gasteiger partial charge in [-0.05, 0) is 25.0 Å². The van der Waals surface area contributed by atoms with Crippen molar-refractivity contribution in [2.24, 2.45) is 5.92 Å². The van der Waals surface area contributed by atoms with Gasteiger partial charge in [0.15, 0.2) is 0 Å². The van der Waals surface area contributed by atoms with Gasteiger partial charge < -0.3 is 10.2 Å². The van der Waals surface area contributed by atoms with Gasteiger partial charge in [0, 0.05) is 25.6 Å². The molecule has 1 aliphatic heterocycles. The zero-order valence-corrected chi connectivity index (χ0v) is 17.3. The second-order valence-corrected chi connectivity index (χ2v) is 8.01. The van der Waals surface area contributed by atoms with E-state index in [1.807, 2.05) is 38.1 Å². The first-order valence-corrected chi connectivity index (χ1v) is 10.2. The van der Waals surface area contributed by atoms with E-state index in [0.717, 1.165) is 11.1 Å². The highest BCUT2D eigenvalue weighted by atomic mass is 16.2. The molecule has 1 atom stereocenters. The van der Waals surface area contributed by atoms with Crippen LogP contribution in [0, 0.1) is 19.8 Å². The number of rotatable bonds is 6. The highest BCUT2D eigenvalue weighted by Gasteiger charge is 2.34. The average Bonchev–Trinajstić information content (AvgIpc) is 3.32. The molecular weight excluding hydrogens is 376 g/mol. The van der Waals surface area contributed by atoms with Gasteiger partial charge >= 0.3 is 0 Å². The lowest BCUT2D eigenvalue weighted by Gasteiger charge is -2.17. The molecule has 154 valence electrons. The molecule has 2 heterocycles. The van der Waals surface area contributed by atoms with Crippen LogP contribution in [0.5, 0.6) is 0 Å². The maximum Gasteiger partial charge on any atom is 0.230 e. The van der Waals surface area contributed by atoms with E-state index >= 15 is 0 Å². The Labute approximate surface area is 176 Å². The minimum absolute atomic E-state index is 0.0175. The molecule has 1 fully saturated rings. The fourth-order valence-corrected chi connectivity index (χ4v) is 3.67. The number of hydrogen-bond donors (Lipinski definition) is 1. The number of benzene rings is 2. The van der Waals surface area contributed by atoms with E-state index in [1.54, 1.807) is 21.8 Å². The molecule has 2 amide bonds. The fourth-order valence-electron chi connectivity index (χ4n) is 3.67. The molecule has 0 spiro atoms. The van der Waals surface area contributed by atoms with Crippen LogP contribution in [-0.4, -0.2) is 33.0 Å². The minimum atomic E-state index is -0.356. The predicted octanol–water partition coefficient (Wildman–Crippen LogP) is 3.54. The summed E-state index contributed by atoms with van der Waals surface area (Å²) in [6.45, 7) is 5.63. The molecule has 0 saturated carbocycles. The van der Waals surface area contributed by atoms with Gasteiger partial charge in [0.25, 0.3) is 0 Å². The number of amides is 2. The smallest absolute Gasteiger partial charge is 0.230 e. The maximum absolute atomic E-state index is 12.8. The van der Waals surface area contributed by atoms with Crippen molar-refractivity contribution >= 4 is 17.6 Å². The summed E-state index contributed by atoms with van der Waals surface area (Å²) in [5.74, 6) is 0.167. The Kier molecular flexibility index (Phi) is 5.65. The lowest BCUT2D eigenvalue weighted by Crippen LogP contribution is -2.28. The van der Waals surface area contributed by atoms with Crippen molar-refractivity contribution < 1.29 is 9.59 Å². The topological polar surface area (TPSA) is 67.2 Å². The third kappa shape index (κ3) is 4.59. The lowest BCUT2D eigenvalue weighted by atomic mass is 10.1. The summed E-state index contributed by atoms with van der Waals surface area (Å²) in [5.41, 5.74) is 4.58. The first kappa shape index (κ1) is 19.9. The van der Waals surface area contributed by atoms with Crippen LogP contribution in [0.4, 0.5) is 5.82 Å². The van der Waals surface area contributed by atoms with Gasteiger partial charge in [-0.3, -0.25) is 9.59 Å². The van der Waals surface area contributed by atoms with E-state index in [4.69, 9.17) is 0 Å². The van der Waals surface area contributed by atoms with Gasteiger partial charge in [0.2, 0.25) is 11.8 Å².